The molecule has 0 atom stereocenters. The third-order valence-corrected chi connectivity index (χ3v) is 2.86. The molecule has 0 saturated carbocycles. The quantitative estimate of drug-likeness (QED) is 0.835. The average Bonchev–Trinajstić information content (AvgIpc) is 2.39. The molecule has 6 heteroatoms. The van der Waals surface area contributed by atoms with Crippen LogP contribution >= 0.6 is 0 Å². The zero-order chi connectivity index (χ0) is 15.3. The number of carbonyl (C=O) groups excluding carboxylic acids is 1. The van der Waals surface area contributed by atoms with Crippen molar-refractivity contribution in [3.63, 3.8) is 0 Å². The minimum atomic E-state index is -1.21. The number of hydrogen-bond acceptors (Lipinski definition) is 4. The van der Waals surface area contributed by atoms with Crippen LogP contribution in [0.1, 0.15) is 31.8 Å². The van der Waals surface area contributed by atoms with Crippen LogP contribution in [-0.4, -0.2) is 35.0 Å². The minimum absolute atomic E-state index is 0.0306. The summed E-state index contributed by atoms with van der Waals surface area (Å²) in [5.74, 6) is -1.82. The largest absolute Gasteiger partial charge is 0.478 e. The minimum Gasteiger partial charge on any atom is -0.478 e. The first-order chi connectivity index (χ1) is 9.43. The molecule has 0 radical (unpaired) electrons. The van der Waals surface area contributed by atoms with Crippen molar-refractivity contribution in [2.24, 2.45) is 0 Å². The Hall–Kier alpha value is -2.86. The molecule has 1 amide bonds. The van der Waals surface area contributed by atoms with Gasteiger partial charge in [-0.1, -0.05) is 12.1 Å². The van der Waals surface area contributed by atoms with E-state index in [4.69, 9.17) is 10.5 Å². The van der Waals surface area contributed by atoms with Crippen molar-refractivity contribution in [1.29, 1.82) is 10.5 Å². The van der Waals surface area contributed by atoms with Gasteiger partial charge in [-0.15, -0.1) is 0 Å². The number of carboxylic acids is 1. The molecular formula is C14H13N3O3. The van der Waals surface area contributed by atoms with Crippen molar-refractivity contribution in [2.75, 3.05) is 13.1 Å². The fraction of sp³-hybridized carbons (Fsp3) is 0.286. The van der Waals surface area contributed by atoms with Crippen molar-refractivity contribution >= 4 is 11.9 Å². The molecule has 0 aliphatic rings. The van der Waals surface area contributed by atoms with E-state index in [1.807, 2.05) is 0 Å². The SMILES string of the molecule is Cc1ccc(C)c(C(=O)N(CC#N)CC#N)c1C(=O)O. The van der Waals surface area contributed by atoms with Crippen LogP contribution in [0.2, 0.25) is 0 Å². The van der Waals surface area contributed by atoms with Crippen LogP contribution in [0.5, 0.6) is 0 Å². The number of carboxylic acid groups (broad SMARTS) is 1. The van der Waals surface area contributed by atoms with E-state index in [2.05, 4.69) is 0 Å². The van der Waals surface area contributed by atoms with Crippen LogP contribution in [0.3, 0.4) is 0 Å². The number of carbonyl (C=O) groups is 2. The highest BCUT2D eigenvalue weighted by molar-refractivity contribution is 6.06. The van der Waals surface area contributed by atoms with Gasteiger partial charge in [0.05, 0.1) is 23.3 Å². The Kier molecular flexibility index (Phi) is 4.82. The lowest BCUT2D eigenvalue weighted by Crippen LogP contribution is -2.33. The van der Waals surface area contributed by atoms with E-state index in [0.717, 1.165) is 4.90 Å². The van der Waals surface area contributed by atoms with Crippen LogP contribution in [0.4, 0.5) is 0 Å². The standard InChI is InChI=1S/C14H13N3O3/c1-9-3-4-10(2)12(14(19)20)11(9)13(18)17(7-5-15)8-6-16/h3-4H,7-8H2,1-2H3,(H,19,20). The summed E-state index contributed by atoms with van der Waals surface area (Å²) in [7, 11) is 0. The van der Waals surface area contributed by atoms with E-state index in [-0.39, 0.29) is 24.2 Å². The van der Waals surface area contributed by atoms with Crippen LogP contribution in [0.15, 0.2) is 12.1 Å². The lowest BCUT2D eigenvalue weighted by Gasteiger charge is -2.19. The molecule has 1 aromatic carbocycles. The Morgan fingerprint density at radius 2 is 1.55 bits per heavy atom. The molecule has 0 aromatic heterocycles. The molecule has 1 aromatic rings. The molecule has 6 nitrogen and oxygen atoms in total. The van der Waals surface area contributed by atoms with Gasteiger partial charge in [-0.25, -0.2) is 4.79 Å². The monoisotopic (exact) mass is 271 g/mol. The number of benzene rings is 1. The van der Waals surface area contributed by atoms with Crippen LogP contribution in [0, 0.1) is 36.5 Å². The van der Waals surface area contributed by atoms with Gasteiger partial charge in [0, 0.05) is 0 Å². The Bertz CT molecular complexity index is 622. The number of nitrogens with zero attached hydrogens (tertiary/aromatic N) is 3. The predicted octanol–water partition coefficient (Wildman–Crippen LogP) is 1.49. The molecule has 0 aliphatic carbocycles. The molecule has 0 unspecified atom stereocenters. The van der Waals surface area contributed by atoms with E-state index < -0.39 is 11.9 Å². The smallest absolute Gasteiger partial charge is 0.336 e. The molecule has 0 heterocycles. The van der Waals surface area contributed by atoms with E-state index in [1.54, 1.807) is 38.1 Å². The molecule has 0 aliphatic heterocycles. The maximum absolute atomic E-state index is 12.4. The first kappa shape index (κ1) is 15.2. The maximum Gasteiger partial charge on any atom is 0.336 e. The summed E-state index contributed by atoms with van der Waals surface area (Å²) in [6, 6.07) is 6.85. The summed E-state index contributed by atoms with van der Waals surface area (Å²) in [6.07, 6.45) is 0. The van der Waals surface area contributed by atoms with Crippen LogP contribution in [-0.2, 0) is 0 Å². The number of aryl methyl sites for hydroxylation is 2. The Labute approximate surface area is 116 Å². The summed E-state index contributed by atoms with van der Waals surface area (Å²) in [6.45, 7) is 2.69. The van der Waals surface area contributed by atoms with Crippen molar-refractivity contribution in [3.8, 4) is 12.1 Å². The fourth-order valence-corrected chi connectivity index (χ4v) is 1.89. The lowest BCUT2D eigenvalue weighted by atomic mass is 9.96. The van der Waals surface area contributed by atoms with Crippen molar-refractivity contribution in [1.82, 2.24) is 4.90 Å². The summed E-state index contributed by atoms with van der Waals surface area (Å²) < 4.78 is 0. The summed E-state index contributed by atoms with van der Waals surface area (Å²) in [4.78, 5) is 24.7. The van der Waals surface area contributed by atoms with Crippen molar-refractivity contribution < 1.29 is 14.7 Å². The number of hydrogen-bond donors (Lipinski definition) is 1. The van der Waals surface area contributed by atoms with Gasteiger partial charge < -0.3 is 10.0 Å². The zero-order valence-corrected chi connectivity index (χ0v) is 11.2. The van der Waals surface area contributed by atoms with E-state index in [1.165, 1.54) is 0 Å². The van der Waals surface area contributed by atoms with Gasteiger partial charge >= 0.3 is 5.97 Å². The Morgan fingerprint density at radius 1 is 1.10 bits per heavy atom. The van der Waals surface area contributed by atoms with E-state index >= 15 is 0 Å². The average molecular weight is 271 g/mol. The van der Waals surface area contributed by atoms with Gasteiger partial charge in [-0.2, -0.15) is 10.5 Å². The number of amides is 1. The highest BCUT2D eigenvalue weighted by Gasteiger charge is 2.25. The van der Waals surface area contributed by atoms with Gasteiger partial charge in [0.1, 0.15) is 13.1 Å². The van der Waals surface area contributed by atoms with Gasteiger partial charge in [-0.05, 0) is 25.0 Å². The van der Waals surface area contributed by atoms with Gasteiger partial charge in [-0.3, -0.25) is 4.79 Å². The molecule has 20 heavy (non-hydrogen) atoms. The van der Waals surface area contributed by atoms with Gasteiger partial charge in [0.2, 0.25) is 0 Å². The first-order valence-electron chi connectivity index (χ1n) is 5.80. The lowest BCUT2D eigenvalue weighted by molar-refractivity contribution is 0.0680. The second-order valence-electron chi connectivity index (χ2n) is 4.23. The summed E-state index contributed by atoms with van der Waals surface area (Å²) in [5.41, 5.74) is 0.901. The highest BCUT2D eigenvalue weighted by atomic mass is 16.4. The van der Waals surface area contributed by atoms with Crippen molar-refractivity contribution in [2.45, 2.75) is 13.8 Å². The number of aromatic carboxylic acids is 1. The Balaban J connectivity index is 3.42. The topological polar surface area (TPSA) is 105 Å². The van der Waals surface area contributed by atoms with Crippen LogP contribution < -0.4 is 0 Å². The Morgan fingerprint density at radius 3 is 1.95 bits per heavy atom. The summed E-state index contributed by atoms with van der Waals surface area (Å²) in [5, 5.41) is 26.6. The fourth-order valence-electron chi connectivity index (χ4n) is 1.89. The van der Waals surface area contributed by atoms with Gasteiger partial charge in [0.25, 0.3) is 5.91 Å². The van der Waals surface area contributed by atoms with E-state index in [0.29, 0.717) is 11.1 Å². The van der Waals surface area contributed by atoms with Crippen LogP contribution in [0.25, 0.3) is 0 Å². The second-order valence-corrected chi connectivity index (χ2v) is 4.23. The van der Waals surface area contributed by atoms with Crippen molar-refractivity contribution in [3.05, 3.63) is 34.4 Å². The third kappa shape index (κ3) is 2.93. The zero-order valence-electron chi connectivity index (χ0n) is 11.2. The second kappa shape index (κ2) is 6.35. The third-order valence-electron chi connectivity index (χ3n) is 2.86. The molecule has 0 fully saturated rings. The molecule has 0 bridgehead atoms. The normalized spacial score (nSPS) is 9.40. The maximum atomic E-state index is 12.4. The molecule has 102 valence electrons. The molecular weight excluding hydrogens is 258 g/mol. The molecule has 1 N–H and O–H groups in total. The van der Waals surface area contributed by atoms with Gasteiger partial charge in [0.15, 0.2) is 0 Å². The molecule has 1 rings (SSSR count). The predicted molar refractivity (Wildman–Crippen MR) is 70.0 cm³/mol. The molecule has 0 spiro atoms. The summed E-state index contributed by atoms with van der Waals surface area (Å²) >= 11 is 0. The number of rotatable bonds is 4. The van der Waals surface area contributed by atoms with E-state index in [9.17, 15) is 14.7 Å². The number of nitriles is 2. The highest BCUT2D eigenvalue weighted by Crippen LogP contribution is 2.20. The first-order valence-corrected chi connectivity index (χ1v) is 5.80. The molecule has 0 saturated heterocycles.